The van der Waals surface area contributed by atoms with Crippen LogP contribution < -0.4 is 10.5 Å². The number of aryl methyl sites for hydroxylation is 1. The first-order valence-corrected chi connectivity index (χ1v) is 9.77. The van der Waals surface area contributed by atoms with Crippen LogP contribution in [0, 0.1) is 17.0 Å². The molecule has 0 radical (unpaired) electrons. The predicted molar refractivity (Wildman–Crippen MR) is 101 cm³/mol. The number of nitrogens with zero attached hydrogens (tertiary/aromatic N) is 1. The van der Waals surface area contributed by atoms with E-state index in [2.05, 4.69) is 0 Å². The Morgan fingerprint density at radius 2 is 1.86 bits per heavy atom. The van der Waals surface area contributed by atoms with Crippen molar-refractivity contribution in [1.82, 2.24) is 0 Å². The normalized spacial score (nSPS) is 11.2. The predicted octanol–water partition coefficient (Wildman–Crippen LogP) is 2.83. The smallest absolute Gasteiger partial charge is 0.296 e. The Morgan fingerprint density at radius 3 is 2.43 bits per heavy atom. The molecule has 0 saturated heterocycles. The van der Waals surface area contributed by atoms with Crippen molar-refractivity contribution < 1.29 is 27.1 Å². The second-order valence-corrected chi connectivity index (χ2v) is 7.71. The molecular weight excluding hydrogens is 412 g/mol. The van der Waals surface area contributed by atoms with Gasteiger partial charge >= 0.3 is 0 Å². The topological polar surface area (TPSA) is 139 Å². The lowest BCUT2D eigenvalue weighted by Gasteiger charge is -2.10. The van der Waals surface area contributed by atoms with Gasteiger partial charge in [-0.15, -0.1) is 0 Å². The maximum atomic E-state index is 12.1. The molecule has 2 rings (SSSR count). The highest BCUT2D eigenvalue weighted by Crippen LogP contribution is 2.35. The van der Waals surface area contributed by atoms with Crippen LogP contribution >= 0.6 is 11.6 Å². The van der Waals surface area contributed by atoms with Crippen LogP contribution in [0.1, 0.15) is 22.3 Å². The molecule has 0 aliphatic carbocycles. The summed E-state index contributed by atoms with van der Waals surface area (Å²) in [7, 11) is -3.90. The zero-order valence-corrected chi connectivity index (χ0v) is 16.3. The molecule has 0 saturated carbocycles. The van der Waals surface area contributed by atoms with Crippen molar-refractivity contribution in [3.63, 3.8) is 0 Å². The van der Waals surface area contributed by atoms with E-state index >= 15 is 0 Å². The number of carbonyl (C=O) groups is 1. The fourth-order valence-corrected chi connectivity index (χ4v) is 3.32. The van der Waals surface area contributed by atoms with Crippen molar-refractivity contribution in [2.75, 3.05) is 13.2 Å². The number of nitro groups is 1. The van der Waals surface area contributed by atoms with Gasteiger partial charge < -0.3 is 10.5 Å². The number of hydrogen-bond acceptors (Lipinski definition) is 7. The highest BCUT2D eigenvalue weighted by Gasteiger charge is 2.21. The van der Waals surface area contributed by atoms with Crippen LogP contribution in [0.15, 0.2) is 41.3 Å². The van der Waals surface area contributed by atoms with Crippen LogP contribution in [0.2, 0.25) is 5.02 Å². The summed E-state index contributed by atoms with van der Waals surface area (Å²) < 4.78 is 34.4. The molecule has 150 valence electrons. The first-order valence-electron chi connectivity index (χ1n) is 7.98. The van der Waals surface area contributed by atoms with Gasteiger partial charge in [0.15, 0.2) is 5.02 Å². The molecule has 0 heterocycles. The van der Waals surface area contributed by atoms with E-state index in [1.807, 2.05) is 6.92 Å². The van der Waals surface area contributed by atoms with Crippen LogP contribution in [0.4, 0.5) is 5.69 Å². The summed E-state index contributed by atoms with van der Waals surface area (Å²) in [6.07, 6.45) is 0.149. The lowest BCUT2D eigenvalue weighted by molar-refractivity contribution is -0.384. The molecule has 0 atom stereocenters. The summed E-state index contributed by atoms with van der Waals surface area (Å²) in [5.41, 5.74) is 5.40. The van der Waals surface area contributed by atoms with Gasteiger partial charge in [0, 0.05) is 18.1 Å². The number of benzene rings is 2. The van der Waals surface area contributed by atoms with Crippen molar-refractivity contribution in [2.24, 2.45) is 5.73 Å². The summed E-state index contributed by atoms with van der Waals surface area (Å²) in [4.78, 5) is 21.6. The number of hydrogen-bond donors (Lipinski definition) is 1. The first-order chi connectivity index (χ1) is 13.1. The maximum Gasteiger partial charge on any atom is 0.296 e. The molecule has 0 bridgehead atoms. The van der Waals surface area contributed by atoms with E-state index in [1.54, 1.807) is 12.1 Å². The molecule has 0 fully saturated rings. The van der Waals surface area contributed by atoms with Gasteiger partial charge in [-0.05, 0) is 25.1 Å². The van der Waals surface area contributed by atoms with Gasteiger partial charge in [0.25, 0.3) is 15.8 Å². The third kappa shape index (κ3) is 5.41. The van der Waals surface area contributed by atoms with E-state index in [1.165, 1.54) is 18.2 Å². The molecule has 28 heavy (non-hydrogen) atoms. The number of nitrogens with two attached hydrogens (primary N) is 1. The fraction of sp³-hybridized carbons (Fsp3) is 0.235. The van der Waals surface area contributed by atoms with Gasteiger partial charge in [-0.3, -0.25) is 19.1 Å². The van der Waals surface area contributed by atoms with Crippen molar-refractivity contribution >= 4 is 33.3 Å². The summed E-state index contributed by atoms with van der Waals surface area (Å²) in [5.74, 6) is -0.983. The van der Waals surface area contributed by atoms with Crippen molar-refractivity contribution in [1.29, 1.82) is 0 Å². The SMILES string of the molecule is Cc1ccc(S(=O)(=O)OCCCOc2cc(C(N)=O)cc([N+](=O)[O-])c2Cl)cc1. The standard InChI is InChI=1S/C17H17ClN2O7S/c1-11-3-5-13(6-4-11)28(24,25)27-8-2-7-26-15-10-12(17(19)21)9-14(16(15)18)20(22)23/h3-6,9-10H,2,7-8H2,1H3,(H2,19,21). The number of amides is 1. The lowest BCUT2D eigenvalue weighted by atomic mass is 10.2. The number of ether oxygens (including phenoxy) is 1. The van der Waals surface area contributed by atoms with Crippen LogP contribution in [-0.2, 0) is 14.3 Å². The van der Waals surface area contributed by atoms with Crippen LogP contribution in [0.3, 0.4) is 0 Å². The Kier molecular flexibility index (Phi) is 6.95. The molecule has 2 aromatic rings. The molecule has 0 aliphatic heterocycles. The van der Waals surface area contributed by atoms with Crippen molar-refractivity contribution in [3.8, 4) is 5.75 Å². The molecule has 1 amide bonds. The second kappa shape index (κ2) is 9.00. The highest BCUT2D eigenvalue weighted by molar-refractivity contribution is 7.86. The molecular formula is C17H17ClN2O7S. The van der Waals surface area contributed by atoms with Gasteiger partial charge in [0.1, 0.15) is 5.75 Å². The average Bonchev–Trinajstić information content (AvgIpc) is 2.62. The summed E-state index contributed by atoms with van der Waals surface area (Å²) >= 11 is 5.91. The summed E-state index contributed by atoms with van der Waals surface area (Å²) in [5, 5.41) is 10.7. The number of halogens is 1. The molecule has 0 spiro atoms. The van der Waals surface area contributed by atoms with Gasteiger partial charge in [-0.1, -0.05) is 29.3 Å². The highest BCUT2D eigenvalue weighted by atomic mass is 35.5. The molecule has 0 aliphatic rings. The summed E-state index contributed by atoms with van der Waals surface area (Å²) in [6, 6.07) is 8.32. The van der Waals surface area contributed by atoms with E-state index in [0.29, 0.717) is 0 Å². The Morgan fingerprint density at radius 1 is 1.21 bits per heavy atom. The van der Waals surface area contributed by atoms with Crippen LogP contribution in [0.5, 0.6) is 5.75 Å². The van der Waals surface area contributed by atoms with E-state index in [4.69, 9.17) is 26.3 Å². The number of rotatable bonds is 9. The maximum absolute atomic E-state index is 12.1. The first kappa shape index (κ1) is 21.6. The van der Waals surface area contributed by atoms with Crippen LogP contribution in [0.25, 0.3) is 0 Å². The molecule has 2 aromatic carbocycles. The zero-order chi connectivity index (χ0) is 20.9. The zero-order valence-electron chi connectivity index (χ0n) is 14.8. The van der Waals surface area contributed by atoms with E-state index in [9.17, 15) is 23.3 Å². The Bertz CT molecular complexity index is 991. The Hall–Kier alpha value is -2.69. The number of primary amides is 1. The fourth-order valence-electron chi connectivity index (χ4n) is 2.15. The number of nitro benzene ring substituents is 1. The third-order valence-corrected chi connectivity index (χ3v) is 5.30. The molecule has 0 aromatic heterocycles. The van der Waals surface area contributed by atoms with E-state index in [-0.39, 0.29) is 40.9 Å². The van der Waals surface area contributed by atoms with Gasteiger partial charge in [0.05, 0.1) is 23.0 Å². The Labute approximate surface area is 166 Å². The molecule has 11 heteroatoms. The minimum Gasteiger partial charge on any atom is -0.492 e. The van der Waals surface area contributed by atoms with Gasteiger partial charge in [0.2, 0.25) is 5.91 Å². The molecule has 9 nitrogen and oxygen atoms in total. The van der Waals surface area contributed by atoms with Gasteiger partial charge in [-0.25, -0.2) is 0 Å². The van der Waals surface area contributed by atoms with E-state index < -0.39 is 26.6 Å². The average molecular weight is 429 g/mol. The minimum absolute atomic E-state index is 0.0341. The van der Waals surface area contributed by atoms with Crippen molar-refractivity contribution in [3.05, 3.63) is 62.7 Å². The van der Waals surface area contributed by atoms with E-state index in [0.717, 1.165) is 11.6 Å². The Balaban J connectivity index is 1.97. The number of carbonyl (C=O) groups excluding carboxylic acids is 1. The monoisotopic (exact) mass is 428 g/mol. The second-order valence-electron chi connectivity index (χ2n) is 5.72. The molecule has 2 N–H and O–H groups in total. The lowest BCUT2D eigenvalue weighted by Crippen LogP contribution is -2.13. The largest absolute Gasteiger partial charge is 0.492 e. The van der Waals surface area contributed by atoms with Gasteiger partial charge in [-0.2, -0.15) is 8.42 Å². The molecule has 0 unspecified atom stereocenters. The summed E-state index contributed by atoms with van der Waals surface area (Å²) in [6.45, 7) is 1.60. The van der Waals surface area contributed by atoms with Crippen molar-refractivity contribution in [2.45, 2.75) is 18.2 Å². The minimum atomic E-state index is -3.90. The van der Waals surface area contributed by atoms with Crippen LogP contribution in [-0.4, -0.2) is 32.5 Å². The third-order valence-electron chi connectivity index (χ3n) is 3.60. The quantitative estimate of drug-likeness (QED) is 0.280.